The molecule has 4 rings (SSSR count). The molecule has 0 radical (unpaired) electrons. The minimum Gasteiger partial charge on any atom is -0.403 e. The standard InChI is InChI=1S/C19H20N6O/c1-11-7-8-20-16(22-11)14-10-21-15-6-5-12(9-13(14)15)17-24-25-18(26-17)23-19(2,3)4/h5-10,21H,1-4H3,(H,23,25). The van der Waals surface area contributed by atoms with Crippen molar-refractivity contribution in [2.24, 2.45) is 0 Å². The third-order valence-electron chi connectivity index (χ3n) is 3.87. The Labute approximate surface area is 150 Å². The van der Waals surface area contributed by atoms with Gasteiger partial charge in [0.2, 0.25) is 5.89 Å². The van der Waals surface area contributed by atoms with Crippen LogP contribution in [0.3, 0.4) is 0 Å². The van der Waals surface area contributed by atoms with E-state index in [1.807, 2.05) is 58.2 Å². The zero-order valence-electron chi connectivity index (χ0n) is 15.2. The molecule has 3 aromatic heterocycles. The van der Waals surface area contributed by atoms with Crippen LogP contribution in [0.25, 0.3) is 33.7 Å². The van der Waals surface area contributed by atoms with Crippen molar-refractivity contribution in [2.45, 2.75) is 33.2 Å². The number of aryl methyl sites for hydroxylation is 1. The van der Waals surface area contributed by atoms with Crippen LogP contribution in [0.1, 0.15) is 26.5 Å². The predicted octanol–water partition coefficient (Wildman–Crippen LogP) is 4.19. The van der Waals surface area contributed by atoms with Gasteiger partial charge in [0, 0.05) is 45.7 Å². The second kappa shape index (κ2) is 5.94. The van der Waals surface area contributed by atoms with Gasteiger partial charge in [-0.1, -0.05) is 5.10 Å². The average Bonchev–Trinajstić information content (AvgIpc) is 3.19. The van der Waals surface area contributed by atoms with Crippen LogP contribution in [-0.2, 0) is 0 Å². The number of H-pyrrole nitrogens is 1. The molecule has 0 aliphatic heterocycles. The molecule has 0 spiro atoms. The molecule has 0 fully saturated rings. The topological polar surface area (TPSA) is 92.5 Å². The fraction of sp³-hybridized carbons (Fsp3) is 0.263. The maximum Gasteiger partial charge on any atom is 0.316 e. The van der Waals surface area contributed by atoms with Gasteiger partial charge in [-0.3, -0.25) is 0 Å². The Morgan fingerprint density at radius 2 is 1.96 bits per heavy atom. The fourth-order valence-corrected chi connectivity index (χ4v) is 2.73. The minimum absolute atomic E-state index is 0.149. The number of nitrogens with zero attached hydrogens (tertiary/aromatic N) is 4. The molecule has 0 aliphatic rings. The number of aromatic nitrogens is 5. The molecule has 26 heavy (non-hydrogen) atoms. The fourth-order valence-electron chi connectivity index (χ4n) is 2.73. The second-order valence-corrected chi connectivity index (χ2v) is 7.27. The Morgan fingerprint density at radius 1 is 1.12 bits per heavy atom. The number of nitrogens with one attached hydrogen (secondary N) is 2. The van der Waals surface area contributed by atoms with Gasteiger partial charge in [0.05, 0.1) is 0 Å². The van der Waals surface area contributed by atoms with Gasteiger partial charge in [-0.25, -0.2) is 9.97 Å². The van der Waals surface area contributed by atoms with Gasteiger partial charge >= 0.3 is 6.01 Å². The number of hydrogen-bond acceptors (Lipinski definition) is 6. The SMILES string of the molecule is Cc1ccnc(-c2c[nH]c3ccc(-c4nnc(NC(C)(C)C)o4)cc23)n1. The van der Waals surface area contributed by atoms with Crippen LogP contribution in [0.2, 0.25) is 0 Å². The van der Waals surface area contributed by atoms with Gasteiger partial charge in [0.15, 0.2) is 5.82 Å². The van der Waals surface area contributed by atoms with Gasteiger partial charge in [0.25, 0.3) is 0 Å². The summed E-state index contributed by atoms with van der Waals surface area (Å²) in [5, 5.41) is 12.4. The first-order valence-electron chi connectivity index (χ1n) is 8.42. The van der Waals surface area contributed by atoms with Gasteiger partial charge in [-0.05, 0) is 52.0 Å². The van der Waals surface area contributed by atoms with Gasteiger partial charge < -0.3 is 14.7 Å². The maximum absolute atomic E-state index is 5.76. The lowest BCUT2D eigenvalue weighted by molar-refractivity contribution is 0.538. The molecule has 132 valence electrons. The van der Waals surface area contributed by atoms with Crippen LogP contribution in [-0.4, -0.2) is 30.7 Å². The van der Waals surface area contributed by atoms with E-state index in [9.17, 15) is 0 Å². The second-order valence-electron chi connectivity index (χ2n) is 7.27. The monoisotopic (exact) mass is 348 g/mol. The molecule has 4 aromatic rings. The lowest BCUT2D eigenvalue weighted by atomic mass is 10.1. The quantitative estimate of drug-likeness (QED) is 0.576. The van der Waals surface area contributed by atoms with Crippen molar-refractivity contribution in [1.82, 2.24) is 25.1 Å². The highest BCUT2D eigenvalue weighted by Gasteiger charge is 2.16. The van der Waals surface area contributed by atoms with E-state index in [1.54, 1.807) is 6.20 Å². The smallest absolute Gasteiger partial charge is 0.316 e. The summed E-state index contributed by atoms with van der Waals surface area (Å²) in [6.07, 6.45) is 3.69. The normalized spacial score (nSPS) is 11.8. The summed E-state index contributed by atoms with van der Waals surface area (Å²) in [5.74, 6) is 1.16. The summed E-state index contributed by atoms with van der Waals surface area (Å²) in [5.41, 5.74) is 3.57. The lowest BCUT2D eigenvalue weighted by Crippen LogP contribution is -2.26. The Balaban J connectivity index is 1.75. The highest BCUT2D eigenvalue weighted by Crippen LogP contribution is 2.30. The number of aromatic amines is 1. The van der Waals surface area contributed by atoms with Crippen LogP contribution in [0.4, 0.5) is 6.01 Å². The highest BCUT2D eigenvalue weighted by atomic mass is 16.4. The van der Waals surface area contributed by atoms with E-state index >= 15 is 0 Å². The molecule has 0 amide bonds. The first-order valence-corrected chi connectivity index (χ1v) is 8.42. The average molecular weight is 348 g/mol. The number of anilines is 1. The first kappa shape index (κ1) is 16.3. The van der Waals surface area contributed by atoms with Crippen LogP contribution in [0, 0.1) is 6.92 Å². The number of rotatable bonds is 3. The minimum atomic E-state index is -0.149. The molecule has 0 unspecified atom stereocenters. The summed E-state index contributed by atoms with van der Waals surface area (Å²) < 4.78 is 5.76. The molecule has 2 N–H and O–H groups in total. The van der Waals surface area contributed by atoms with Crippen LogP contribution < -0.4 is 5.32 Å². The number of hydrogen-bond donors (Lipinski definition) is 2. The van der Waals surface area contributed by atoms with Gasteiger partial charge in [0.1, 0.15) is 0 Å². The Bertz CT molecular complexity index is 1070. The zero-order valence-corrected chi connectivity index (χ0v) is 15.2. The van der Waals surface area contributed by atoms with Crippen molar-refractivity contribution in [3.8, 4) is 22.8 Å². The van der Waals surface area contributed by atoms with E-state index in [4.69, 9.17) is 4.42 Å². The molecule has 0 atom stereocenters. The van der Waals surface area contributed by atoms with Gasteiger partial charge in [-0.2, -0.15) is 0 Å². The molecule has 0 saturated heterocycles. The van der Waals surface area contributed by atoms with E-state index in [0.29, 0.717) is 17.7 Å². The Kier molecular flexibility index (Phi) is 3.72. The predicted molar refractivity (Wildman–Crippen MR) is 101 cm³/mol. The summed E-state index contributed by atoms with van der Waals surface area (Å²) in [6.45, 7) is 8.07. The van der Waals surface area contributed by atoms with Crippen molar-refractivity contribution in [2.75, 3.05) is 5.32 Å². The first-order chi connectivity index (χ1) is 12.4. The van der Waals surface area contributed by atoms with Crippen molar-refractivity contribution >= 4 is 16.9 Å². The van der Waals surface area contributed by atoms with Crippen molar-refractivity contribution in [1.29, 1.82) is 0 Å². The molecule has 0 aliphatic carbocycles. The van der Waals surface area contributed by atoms with E-state index in [-0.39, 0.29) is 5.54 Å². The summed E-state index contributed by atoms with van der Waals surface area (Å²) >= 11 is 0. The number of fused-ring (bicyclic) bond motifs is 1. The van der Waals surface area contributed by atoms with Gasteiger partial charge in [-0.15, -0.1) is 5.10 Å². The van der Waals surface area contributed by atoms with Crippen LogP contribution >= 0.6 is 0 Å². The highest BCUT2D eigenvalue weighted by molar-refractivity contribution is 5.96. The summed E-state index contributed by atoms with van der Waals surface area (Å²) in [7, 11) is 0. The van der Waals surface area contributed by atoms with E-state index in [0.717, 1.165) is 27.7 Å². The molecular weight excluding hydrogens is 328 g/mol. The van der Waals surface area contributed by atoms with E-state index < -0.39 is 0 Å². The largest absolute Gasteiger partial charge is 0.403 e. The third kappa shape index (κ3) is 3.15. The van der Waals surface area contributed by atoms with Crippen molar-refractivity contribution in [3.63, 3.8) is 0 Å². The molecule has 7 heteroatoms. The Hall–Kier alpha value is -3.22. The molecule has 3 heterocycles. The molecule has 7 nitrogen and oxygen atoms in total. The molecule has 1 aromatic carbocycles. The van der Waals surface area contributed by atoms with Crippen molar-refractivity contribution in [3.05, 3.63) is 42.4 Å². The number of benzene rings is 1. The third-order valence-corrected chi connectivity index (χ3v) is 3.87. The molecule has 0 bridgehead atoms. The van der Waals surface area contributed by atoms with Crippen LogP contribution in [0.15, 0.2) is 41.1 Å². The maximum atomic E-state index is 5.76. The zero-order chi connectivity index (χ0) is 18.3. The molecular formula is C19H20N6O. The van der Waals surface area contributed by atoms with Crippen LogP contribution in [0.5, 0.6) is 0 Å². The van der Waals surface area contributed by atoms with E-state index in [2.05, 4.69) is 30.5 Å². The molecule has 0 saturated carbocycles. The van der Waals surface area contributed by atoms with E-state index in [1.165, 1.54) is 0 Å². The summed E-state index contributed by atoms with van der Waals surface area (Å²) in [6, 6.07) is 8.25. The van der Waals surface area contributed by atoms with Crippen molar-refractivity contribution < 1.29 is 4.42 Å². The summed E-state index contributed by atoms with van der Waals surface area (Å²) in [4.78, 5) is 12.2. The Morgan fingerprint density at radius 3 is 2.73 bits per heavy atom. The lowest BCUT2D eigenvalue weighted by Gasteiger charge is -2.17.